The van der Waals surface area contributed by atoms with Crippen LogP contribution in [0.4, 0.5) is 0 Å². The number of benzene rings is 2. The molecule has 1 atom stereocenters. The Balaban J connectivity index is 1.96. The van der Waals surface area contributed by atoms with Gasteiger partial charge in [-0.1, -0.05) is 53.5 Å². The van der Waals surface area contributed by atoms with Crippen LogP contribution in [-0.4, -0.2) is 20.1 Å². The Morgan fingerprint density at radius 1 is 1.08 bits per heavy atom. The number of sulfone groups is 1. The van der Waals surface area contributed by atoms with Crippen LogP contribution in [0.15, 0.2) is 53.4 Å². The van der Waals surface area contributed by atoms with Crippen LogP contribution in [0.2, 0.25) is 10.0 Å². The van der Waals surface area contributed by atoms with Crippen molar-refractivity contribution in [3.8, 4) is 0 Å². The third-order valence-corrected chi connectivity index (χ3v) is 5.98. The standard InChI is InChI=1S/C17H17Cl2NO3S/c1-12(13-5-3-2-4-6-13)20-17(21)9-10-24(22,23)14-7-8-15(18)16(19)11-14/h2-8,11-12H,9-10H2,1H3,(H,20,21). The van der Waals surface area contributed by atoms with E-state index in [1.165, 1.54) is 18.2 Å². The van der Waals surface area contributed by atoms with E-state index >= 15 is 0 Å². The van der Waals surface area contributed by atoms with E-state index in [0.717, 1.165) is 5.56 Å². The largest absolute Gasteiger partial charge is 0.350 e. The summed E-state index contributed by atoms with van der Waals surface area (Å²) in [5, 5.41) is 3.24. The highest BCUT2D eigenvalue weighted by atomic mass is 35.5. The summed E-state index contributed by atoms with van der Waals surface area (Å²) in [6.45, 7) is 1.85. The molecule has 1 amide bonds. The van der Waals surface area contributed by atoms with Crippen LogP contribution in [0.25, 0.3) is 0 Å². The zero-order chi connectivity index (χ0) is 17.7. The molecule has 2 aromatic rings. The average Bonchev–Trinajstić information content (AvgIpc) is 2.56. The fourth-order valence-corrected chi connectivity index (χ4v) is 3.78. The number of carbonyl (C=O) groups excluding carboxylic acids is 1. The summed E-state index contributed by atoms with van der Waals surface area (Å²) >= 11 is 11.6. The fourth-order valence-electron chi connectivity index (χ4n) is 2.15. The number of rotatable bonds is 6. The van der Waals surface area contributed by atoms with Gasteiger partial charge in [0.2, 0.25) is 5.91 Å². The van der Waals surface area contributed by atoms with Crippen molar-refractivity contribution in [3.05, 3.63) is 64.1 Å². The molecule has 1 N–H and O–H groups in total. The molecular weight excluding hydrogens is 369 g/mol. The molecule has 1 unspecified atom stereocenters. The van der Waals surface area contributed by atoms with Crippen LogP contribution < -0.4 is 5.32 Å². The van der Waals surface area contributed by atoms with Crippen LogP contribution in [0.1, 0.15) is 24.9 Å². The first-order chi connectivity index (χ1) is 11.3. The van der Waals surface area contributed by atoms with E-state index in [9.17, 15) is 13.2 Å². The van der Waals surface area contributed by atoms with Gasteiger partial charge in [0.15, 0.2) is 9.84 Å². The molecule has 2 aromatic carbocycles. The number of amides is 1. The maximum Gasteiger partial charge on any atom is 0.221 e. The smallest absolute Gasteiger partial charge is 0.221 e. The molecule has 2 rings (SSSR count). The molecule has 0 saturated carbocycles. The van der Waals surface area contributed by atoms with E-state index in [1.807, 2.05) is 37.3 Å². The predicted molar refractivity (Wildman–Crippen MR) is 96.1 cm³/mol. The van der Waals surface area contributed by atoms with Crippen molar-refractivity contribution in [2.45, 2.75) is 24.3 Å². The molecule has 7 heteroatoms. The Kier molecular flexibility index (Phi) is 6.27. The summed E-state index contributed by atoms with van der Waals surface area (Å²) in [5.74, 6) is -0.617. The van der Waals surface area contributed by atoms with Crippen LogP contribution >= 0.6 is 23.2 Å². The Labute approximate surface area is 151 Å². The van der Waals surface area contributed by atoms with Gasteiger partial charge in [0, 0.05) is 6.42 Å². The lowest BCUT2D eigenvalue weighted by Gasteiger charge is -2.14. The number of hydrogen-bond acceptors (Lipinski definition) is 3. The molecule has 0 bridgehead atoms. The third-order valence-electron chi connectivity index (χ3n) is 3.53. The number of nitrogens with one attached hydrogen (secondary N) is 1. The molecule has 0 aliphatic heterocycles. The molecule has 0 spiro atoms. The summed E-state index contributed by atoms with van der Waals surface area (Å²) in [4.78, 5) is 12.1. The van der Waals surface area contributed by atoms with Gasteiger partial charge in [-0.25, -0.2) is 8.42 Å². The molecule has 0 aliphatic rings. The van der Waals surface area contributed by atoms with Gasteiger partial charge in [0.1, 0.15) is 0 Å². The first-order valence-electron chi connectivity index (χ1n) is 7.32. The van der Waals surface area contributed by atoms with Crippen LogP contribution in [0, 0.1) is 0 Å². The van der Waals surface area contributed by atoms with E-state index in [2.05, 4.69) is 5.32 Å². The van der Waals surface area contributed by atoms with Crippen LogP contribution in [0.5, 0.6) is 0 Å². The Morgan fingerprint density at radius 2 is 1.75 bits per heavy atom. The van der Waals surface area contributed by atoms with Gasteiger partial charge in [0.05, 0.1) is 26.7 Å². The minimum absolute atomic E-state index is 0.0563. The van der Waals surface area contributed by atoms with Gasteiger partial charge < -0.3 is 5.32 Å². The van der Waals surface area contributed by atoms with E-state index < -0.39 is 9.84 Å². The first kappa shape index (κ1) is 18.8. The highest BCUT2D eigenvalue weighted by Gasteiger charge is 2.18. The molecule has 0 radical (unpaired) electrons. The molecule has 24 heavy (non-hydrogen) atoms. The van der Waals surface area contributed by atoms with Crippen molar-refractivity contribution in [2.24, 2.45) is 0 Å². The number of carbonyl (C=O) groups is 1. The van der Waals surface area contributed by atoms with Gasteiger partial charge in [-0.3, -0.25) is 4.79 Å². The second-order valence-electron chi connectivity index (χ2n) is 5.34. The van der Waals surface area contributed by atoms with E-state index in [4.69, 9.17) is 23.2 Å². The van der Waals surface area contributed by atoms with Crippen LogP contribution in [-0.2, 0) is 14.6 Å². The third kappa shape index (κ3) is 4.97. The topological polar surface area (TPSA) is 63.2 Å². The lowest BCUT2D eigenvalue weighted by Crippen LogP contribution is -2.28. The summed E-state index contributed by atoms with van der Waals surface area (Å²) in [7, 11) is -3.60. The lowest BCUT2D eigenvalue weighted by atomic mass is 10.1. The summed E-state index contributed by atoms with van der Waals surface area (Å²) in [6, 6.07) is 13.4. The number of hydrogen-bond donors (Lipinski definition) is 1. The van der Waals surface area contributed by atoms with E-state index in [-0.39, 0.29) is 39.1 Å². The molecule has 0 fully saturated rings. The lowest BCUT2D eigenvalue weighted by molar-refractivity contribution is -0.121. The van der Waals surface area contributed by atoms with Gasteiger partial charge in [-0.15, -0.1) is 0 Å². The zero-order valence-corrected chi connectivity index (χ0v) is 15.3. The first-order valence-corrected chi connectivity index (χ1v) is 9.72. The van der Waals surface area contributed by atoms with Crippen molar-refractivity contribution in [1.29, 1.82) is 0 Å². The van der Waals surface area contributed by atoms with Crippen molar-refractivity contribution in [3.63, 3.8) is 0 Å². The van der Waals surface area contributed by atoms with E-state index in [0.29, 0.717) is 0 Å². The maximum absolute atomic E-state index is 12.3. The molecule has 128 valence electrons. The van der Waals surface area contributed by atoms with Gasteiger partial charge in [-0.05, 0) is 30.7 Å². The van der Waals surface area contributed by atoms with Crippen LogP contribution in [0.3, 0.4) is 0 Å². The van der Waals surface area contributed by atoms with Crippen molar-refractivity contribution in [1.82, 2.24) is 5.32 Å². The predicted octanol–water partition coefficient (Wildman–Crippen LogP) is 4.03. The fraction of sp³-hybridized carbons (Fsp3) is 0.235. The monoisotopic (exact) mass is 385 g/mol. The van der Waals surface area contributed by atoms with Crippen molar-refractivity contribution >= 4 is 38.9 Å². The second kappa shape index (κ2) is 8.01. The van der Waals surface area contributed by atoms with Crippen molar-refractivity contribution < 1.29 is 13.2 Å². The summed E-state index contributed by atoms with van der Waals surface area (Å²) < 4.78 is 24.5. The molecular formula is C17H17Cl2NO3S. The maximum atomic E-state index is 12.3. The Morgan fingerprint density at radius 3 is 2.38 bits per heavy atom. The second-order valence-corrected chi connectivity index (χ2v) is 8.27. The normalized spacial score (nSPS) is 12.6. The molecule has 0 heterocycles. The zero-order valence-electron chi connectivity index (χ0n) is 13.0. The van der Waals surface area contributed by atoms with E-state index in [1.54, 1.807) is 0 Å². The highest BCUT2D eigenvalue weighted by Crippen LogP contribution is 2.25. The molecule has 4 nitrogen and oxygen atoms in total. The SMILES string of the molecule is CC(NC(=O)CCS(=O)(=O)c1ccc(Cl)c(Cl)c1)c1ccccc1. The summed E-state index contributed by atoms with van der Waals surface area (Å²) in [5.41, 5.74) is 0.957. The molecule has 0 aromatic heterocycles. The van der Waals surface area contributed by atoms with Crippen molar-refractivity contribution in [2.75, 3.05) is 5.75 Å². The van der Waals surface area contributed by atoms with Gasteiger partial charge in [0.25, 0.3) is 0 Å². The molecule has 0 saturated heterocycles. The summed E-state index contributed by atoms with van der Waals surface area (Å²) in [6.07, 6.45) is -0.125. The Hall–Kier alpha value is -1.56. The Bertz CT molecular complexity index is 823. The van der Waals surface area contributed by atoms with Gasteiger partial charge in [-0.2, -0.15) is 0 Å². The minimum atomic E-state index is -3.60. The molecule has 0 aliphatic carbocycles. The number of halogens is 2. The highest BCUT2D eigenvalue weighted by molar-refractivity contribution is 7.91. The quantitative estimate of drug-likeness (QED) is 0.815. The minimum Gasteiger partial charge on any atom is -0.350 e. The average molecular weight is 386 g/mol. The van der Waals surface area contributed by atoms with Gasteiger partial charge >= 0.3 is 0 Å².